The van der Waals surface area contributed by atoms with E-state index in [2.05, 4.69) is 20.9 Å². The molecule has 0 saturated carbocycles. The maximum atomic E-state index is 11.6. The van der Waals surface area contributed by atoms with Crippen LogP contribution < -0.4 is 4.74 Å². The van der Waals surface area contributed by atoms with Gasteiger partial charge in [0, 0.05) is 6.20 Å². The van der Waals surface area contributed by atoms with Gasteiger partial charge in [0.05, 0.1) is 10.2 Å². The van der Waals surface area contributed by atoms with E-state index in [4.69, 9.17) is 4.74 Å². The Morgan fingerprint density at radius 3 is 2.75 bits per heavy atom. The second-order valence-electron chi connectivity index (χ2n) is 3.23. The van der Waals surface area contributed by atoms with Gasteiger partial charge in [-0.2, -0.15) is 0 Å². The predicted octanol–water partition coefficient (Wildman–Crippen LogP) is 3.04. The van der Waals surface area contributed by atoms with Crippen LogP contribution in [0.1, 0.15) is 10.5 Å². The summed E-state index contributed by atoms with van der Waals surface area (Å²) in [7, 11) is 0. The summed E-state index contributed by atoms with van der Waals surface area (Å²) >= 11 is 3.35. The molecular formula is C12H10BrNO2. The SMILES string of the molecule is O=C(COc1ccccc1Br)c1ccc[nH]1. The highest BCUT2D eigenvalue weighted by Crippen LogP contribution is 2.23. The van der Waals surface area contributed by atoms with Gasteiger partial charge in [-0.1, -0.05) is 12.1 Å². The lowest BCUT2D eigenvalue weighted by Gasteiger charge is -2.06. The third-order valence-electron chi connectivity index (χ3n) is 2.09. The van der Waals surface area contributed by atoms with E-state index < -0.39 is 0 Å². The molecule has 0 atom stereocenters. The second kappa shape index (κ2) is 4.99. The first-order valence-electron chi connectivity index (χ1n) is 4.81. The average molecular weight is 280 g/mol. The number of Topliss-reactive ketones (excluding diaryl/α,β-unsaturated/α-hetero) is 1. The summed E-state index contributed by atoms with van der Waals surface area (Å²) in [6, 6.07) is 10.9. The van der Waals surface area contributed by atoms with Gasteiger partial charge in [0.2, 0.25) is 5.78 Å². The maximum absolute atomic E-state index is 11.6. The van der Waals surface area contributed by atoms with E-state index in [-0.39, 0.29) is 12.4 Å². The van der Waals surface area contributed by atoms with Gasteiger partial charge in [0.25, 0.3) is 0 Å². The van der Waals surface area contributed by atoms with Gasteiger partial charge in [0.15, 0.2) is 6.61 Å². The first kappa shape index (κ1) is 11.0. The highest BCUT2D eigenvalue weighted by atomic mass is 79.9. The van der Waals surface area contributed by atoms with Gasteiger partial charge in [-0.15, -0.1) is 0 Å². The van der Waals surface area contributed by atoms with Crippen molar-refractivity contribution in [3.63, 3.8) is 0 Å². The van der Waals surface area contributed by atoms with Crippen molar-refractivity contribution in [2.75, 3.05) is 6.61 Å². The molecule has 1 aromatic heterocycles. The number of aromatic nitrogens is 1. The van der Waals surface area contributed by atoms with E-state index in [1.807, 2.05) is 24.3 Å². The zero-order valence-electron chi connectivity index (χ0n) is 8.44. The zero-order valence-corrected chi connectivity index (χ0v) is 10.0. The minimum atomic E-state index is -0.0687. The van der Waals surface area contributed by atoms with Crippen molar-refractivity contribution in [3.8, 4) is 5.75 Å². The fourth-order valence-electron chi connectivity index (χ4n) is 1.29. The molecule has 0 saturated heterocycles. The predicted molar refractivity (Wildman–Crippen MR) is 64.8 cm³/mol. The third-order valence-corrected chi connectivity index (χ3v) is 2.75. The minimum Gasteiger partial charge on any atom is -0.484 e. The topological polar surface area (TPSA) is 42.1 Å². The fourth-order valence-corrected chi connectivity index (χ4v) is 1.69. The van der Waals surface area contributed by atoms with Gasteiger partial charge in [0.1, 0.15) is 5.75 Å². The summed E-state index contributed by atoms with van der Waals surface area (Å²) in [5, 5.41) is 0. The Labute approximate surface area is 102 Å². The molecule has 1 aromatic carbocycles. The van der Waals surface area contributed by atoms with Gasteiger partial charge < -0.3 is 9.72 Å². The first-order valence-corrected chi connectivity index (χ1v) is 5.60. The van der Waals surface area contributed by atoms with Crippen molar-refractivity contribution in [1.82, 2.24) is 4.98 Å². The summed E-state index contributed by atoms with van der Waals surface area (Å²) < 4.78 is 6.25. The number of H-pyrrole nitrogens is 1. The van der Waals surface area contributed by atoms with Crippen molar-refractivity contribution in [1.29, 1.82) is 0 Å². The number of hydrogen-bond donors (Lipinski definition) is 1. The number of hydrogen-bond acceptors (Lipinski definition) is 2. The molecule has 1 heterocycles. The monoisotopic (exact) mass is 279 g/mol. The number of ketones is 1. The van der Waals surface area contributed by atoms with Crippen LogP contribution in [-0.4, -0.2) is 17.4 Å². The van der Waals surface area contributed by atoms with Crippen molar-refractivity contribution < 1.29 is 9.53 Å². The summed E-state index contributed by atoms with van der Waals surface area (Å²) in [4.78, 5) is 14.5. The number of para-hydroxylation sites is 1. The number of ether oxygens (including phenoxy) is 1. The molecule has 16 heavy (non-hydrogen) atoms. The van der Waals surface area contributed by atoms with E-state index in [9.17, 15) is 4.79 Å². The molecule has 0 amide bonds. The van der Waals surface area contributed by atoms with Gasteiger partial charge in [-0.25, -0.2) is 0 Å². The van der Waals surface area contributed by atoms with Crippen molar-refractivity contribution in [2.24, 2.45) is 0 Å². The van der Waals surface area contributed by atoms with Crippen LogP contribution in [0.5, 0.6) is 5.75 Å². The Balaban J connectivity index is 1.98. The van der Waals surface area contributed by atoms with Crippen molar-refractivity contribution in [3.05, 3.63) is 52.8 Å². The first-order chi connectivity index (χ1) is 7.77. The number of rotatable bonds is 4. The van der Waals surface area contributed by atoms with Crippen LogP contribution in [0.4, 0.5) is 0 Å². The molecule has 0 spiro atoms. The molecule has 0 aliphatic heterocycles. The fraction of sp³-hybridized carbons (Fsp3) is 0.0833. The van der Waals surface area contributed by atoms with Crippen LogP contribution >= 0.6 is 15.9 Å². The molecular weight excluding hydrogens is 270 g/mol. The largest absolute Gasteiger partial charge is 0.484 e. The molecule has 0 unspecified atom stereocenters. The number of carbonyl (C=O) groups is 1. The van der Waals surface area contributed by atoms with Crippen LogP contribution in [0.3, 0.4) is 0 Å². The lowest BCUT2D eigenvalue weighted by Crippen LogP contribution is -2.11. The van der Waals surface area contributed by atoms with Gasteiger partial charge >= 0.3 is 0 Å². The zero-order chi connectivity index (χ0) is 11.4. The number of halogens is 1. The Morgan fingerprint density at radius 1 is 1.25 bits per heavy atom. The van der Waals surface area contributed by atoms with Crippen LogP contribution in [0.2, 0.25) is 0 Å². The molecule has 1 N–H and O–H groups in total. The van der Waals surface area contributed by atoms with Crippen LogP contribution in [0, 0.1) is 0 Å². The molecule has 0 radical (unpaired) electrons. The van der Waals surface area contributed by atoms with Gasteiger partial charge in [-0.05, 0) is 40.2 Å². The molecule has 3 nitrogen and oxygen atoms in total. The molecule has 4 heteroatoms. The molecule has 2 aromatic rings. The van der Waals surface area contributed by atoms with E-state index in [1.54, 1.807) is 18.3 Å². The standard InChI is InChI=1S/C12H10BrNO2/c13-9-4-1-2-6-12(9)16-8-11(15)10-5-3-7-14-10/h1-7,14H,8H2. The Bertz CT molecular complexity index is 480. The maximum Gasteiger partial charge on any atom is 0.216 e. The summed E-state index contributed by atoms with van der Waals surface area (Å²) in [6.45, 7) is 0.0309. The van der Waals surface area contributed by atoms with Gasteiger partial charge in [-0.3, -0.25) is 4.79 Å². The van der Waals surface area contributed by atoms with E-state index in [1.165, 1.54) is 0 Å². The highest BCUT2D eigenvalue weighted by Gasteiger charge is 2.08. The number of aromatic amines is 1. The lowest BCUT2D eigenvalue weighted by atomic mass is 10.3. The normalized spacial score (nSPS) is 10.1. The van der Waals surface area contributed by atoms with E-state index in [0.29, 0.717) is 11.4 Å². The smallest absolute Gasteiger partial charge is 0.216 e. The van der Waals surface area contributed by atoms with Crippen LogP contribution in [0.25, 0.3) is 0 Å². The lowest BCUT2D eigenvalue weighted by molar-refractivity contribution is 0.0916. The average Bonchev–Trinajstić information content (AvgIpc) is 2.81. The minimum absolute atomic E-state index is 0.0309. The highest BCUT2D eigenvalue weighted by molar-refractivity contribution is 9.10. The molecule has 82 valence electrons. The summed E-state index contributed by atoms with van der Waals surface area (Å²) in [5.74, 6) is 0.600. The molecule has 0 bridgehead atoms. The number of benzene rings is 1. The number of carbonyl (C=O) groups excluding carboxylic acids is 1. The molecule has 0 aliphatic rings. The third kappa shape index (κ3) is 2.52. The van der Waals surface area contributed by atoms with Crippen LogP contribution in [0.15, 0.2) is 47.1 Å². The Kier molecular flexibility index (Phi) is 3.41. The van der Waals surface area contributed by atoms with E-state index >= 15 is 0 Å². The number of nitrogens with one attached hydrogen (secondary N) is 1. The molecule has 0 aliphatic carbocycles. The Morgan fingerprint density at radius 2 is 2.06 bits per heavy atom. The van der Waals surface area contributed by atoms with Crippen molar-refractivity contribution >= 4 is 21.7 Å². The summed E-state index contributed by atoms with van der Waals surface area (Å²) in [6.07, 6.45) is 1.71. The molecule has 0 fully saturated rings. The van der Waals surface area contributed by atoms with E-state index in [0.717, 1.165) is 4.47 Å². The molecule has 2 rings (SSSR count). The van der Waals surface area contributed by atoms with Crippen molar-refractivity contribution in [2.45, 2.75) is 0 Å². The Hall–Kier alpha value is -1.55. The van der Waals surface area contributed by atoms with Crippen LogP contribution in [-0.2, 0) is 0 Å². The second-order valence-corrected chi connectivity index (χ2v) is 4.08. The quantitative estimate of drug-likeness (QED) is 0.875. The summed E-state index contributed by atoms with van der Waals surface area (Å²) in [5.41, 5.74) is 0.562.